The lowest BCUT2D eigenvalue weighted by atomic mass is 10.0. The summed E-state index contributed by atoms with van der Waals surface area (Å²) in [7, 11) is 0. The molecule has 1 aromatic rings. The Morgan fingerprint density at radius 1 is 1.35 bits per heavy atom. The maximum atomic E-state index is 9.27. The lowest BCUT2D eigenvalue weighted by molar-refractivity contribution is -0.758. The lowest BCUT2D eigenvalue weighted by Crippen LogP contribution is -2.97. The van der Waals surface area contributed by atoms with E-state index in [1.807, 2.05) is 0 Å². The summed E-state index contributed by atoms with van der Waals surface area (Å²) in [6, 6.07) is 5.17. The highest BCUT2D eigenvalue weighted by Gasteiger charge is 2.44. The SMILES string of the molecule is OCC1(CO)CO[C@@H](c2ccc(Cl)cc2Cl)[NH2+]1. The van der Waals surface area contributed by atoms with E-state index in [2.05, 4.69) is 0 Å². The Kier molecular flexibility index (Phi) is 3.92. The van der Waals surface area contributed by atoms with Gasteiger partial charge in [0.1, 0.15) is 19.8 Å². The van der Waals surface area contributed by atoms with Crippen molar-refractivity contribution >= 4 is 23.2 Å². The maximum Gasteiger partial charge on any atom is 0.219 e. The number of quaternary nitrogens is 1. The second-order valence-corrected chi connectivity index (χ2v) is 5.09. The van der Waals surface area contributed by atoms with E-state index in [-0.39, 0.29) is 26.0 Å². The number of rotatable bonds is 3. The number of hydrogen-bond acceptors (Lipinski definition) is 3. The van der Waals surface area contributed by atoms with Crippen LogP contribution >= 0.6 is 23.2 Å². The first-order valence-corrected chi connectivity index (χ1v) is 6.00. The third kappa shape index (κ3) is 2.57. The monoisotopic (exact) mass is 278 g/mol. The third-order valence-corrected chi connectivity index (χ3v) is 3.52. The molecule has 0 saturated carbocycles. The molecule has 1 aliphatic rings. The summed E-state index contributed by atoms with van der Waals surface area (Å²) in [5, 5.41) is 21.4. The number of benzene rings is 1. The average Bonchev–Trinajstić information content (AvgIpc) is 2.74. The van der Waals surface area contributed by atoms with E-state index >= 15 is 0 Å². The fourth-order valence-electron chi connectivity index (χ4n) is 1.83. The van der Waals surface area contributed by atoms with Crippen molar-refractivity contribution in [2.45, 2.75) is 11.8 Å². The fraction of sp³-hybridized carbons (Fsp3) is 0.455. The van der Waals surface area contributed by atoms with Gasteiger partial charge in [-0.1, -0.05) is 23.2 Å². The fourth-order valence-corrected chi connectivity index (χ4v) is 2.35. The molecule has 1 aromatic carbocycles. The van der Waals surface area contributed by atoms with Gasteiger partial charge in [-0.25, -0.2) is 0 Å². The van der Waals surface area contributed by atoms with Gasteiger partial charge in [-0.2, -0.15) is 0 Å². The summed E-state index contributed by atoms with van der Waals surface area (Å²) in [5.41, 5.74) is 0.105. The molecule has 2 rings (SSSR count). The van der Waals surface area contributed by atoms with Crippen LogP contribution < -0.4 is 5.32 Å². The molecule has 0 radical (unpaired) electrons. The quantitative estimate of drug-likeness (QED) is 0.746. The van der Waals surface area contributed by atoms with Gasteiger partial charge in [0.05, 0.1) is 10.6 Å². The van der Waals surface area contributed by atoms with Crippen molar-refractivity contribution in [2.75, 3.05) is 19.8 Å². The van der Waals surface area contributed by atoms with Gasteiger partial charge in [0.25, 0.3) is 0 Å². The van der Waals surface area contributed by atoms with Crippen molar-refractivity contribution in [1.29, 1.82) is 0 Å². The number of halogens is 2. The summed E-state index contributed by atoms with van der Waals surface area (Å²) in [6.07, 6.45) is -0.320. The smallest absolute Gasteiger partial charge is 0.219 e. The van der Waals surface area contributed by atoms with Crippen LogP contribution in [0.1, 0.15) is 11.8 Å². The van der Waals surface area contributed by atoms with Crippen LogP contribution in [0.4, 0.5) is 0 Å². The minimum absolute atomic E-state index is 0.148. The molecule has 0 aliphatic carbocycles. The Morgan fingerprint density at radius 2 is 2.06 bits per heavy atom. The zero-order valence-corrected chi connectivity index (χ0v) is 10.6. The molecule has 94 valence electrons. The van der Waals surface area contributed by atoms with Crippen molar-refractivity contribution in [2.24, 2.45) is 0 Å². The van der Waals surface area contributed by atoms with Gasteiger partial charge < -0.3 is 20.3 Å². The largest absolute Gasteiger partial charge is 0.390 e. The van der Waals surface area contributed by atoms with Crippen molar-refractivity contribution in [1.82, 2.24) is 0 Å². The van der Waals surface area contributed by atoms with Gasteiger partial charge in [-0.05, 0) is 18.2 Å². The minimum Gasteiger partial charge on any atom is -0.390 e. The molecule has 1 fully saturated rings. The summed E-state index contributed by atoms with van der Waals surface area (Å²) >= 11 is 11.9. The van der Waals surface area contributed by atoms with Crippen LogP contribution in [0.3, 0.4) is 0 Å². The number of nitrogens with two attached hydrogens (primary N) is 1. The number of aliphatic hydroxyl groups is 2. The van der Waals surface area contributed by atoms with Gasteiger partial charge in [-0.3, -0.25) is 0 Å². The molecule has 1 aliphatic heterocycles. The van der Waals surface area contributed by atoms with Gasteiger partial charge in [-0.15, -0.1) is 0 Å². The Morgan fingerprint density at radius 3 is 2.59 bits per heavy atom. The summed E-state index contributed by atoms with van der Waals surface area (Å²) < 4.78 is 5.55. The number of hydrogen-bond donors (Lipinski definition) is 3. The molecule has 0 aromatic heterocycles. The molecular formula is C11H14Cl2NO3+. The first-order valence-electron chi connectivity index (χ1n) is 5.24. The molecule has 4 nitrogen and oxygen atoms in total. The lowest BCUT2D eigenvalue weighted by Gasteiger charge is -2.19. The highest BCUT2D eigenvalue weighted by atomic mass is 35.5. The zero-order chi connectivity index (χ0) is 12.5. The van der Waals surface area contributed by atoms with E-state index in [1.165, 1.54) is 0 Å². The molecular weight excluding hydrogens is 265 g/mol. The van der Waals surface area contributed by atoms with Crippen molar-refractivity contribution in [3.8, 4) is 0 Å². The minimum atomic E-state index is -0.687. The van der Waals surface area contributed by atoms with Crippen molar-refractivity contribution in [3.05, 3.63) is 33.8 Å². The van der Waals surface area contributed by atoms with E-state index in [1.54, 1.807) is 23.5 Å². The molecule has 0 unspecified atom stereocenters. The molecule has 6 heteroatoms. The zero-order valence-electron chi connectivity index (χ0n) is 9.07. The first kappa shape index (κ1) is 13.1. The van der Waals surface area contributed by atoms with E-state index in [0.717, 1.165) is 5.56 Å². The van der Waals surface area contributed by atoms with Crippen LogP contribution in [0.2, 0.25) is 10.0 Å². The highest BCUT2D eigenvalue weighted by molar-refractivity contribution is 6.35. The molecule has 0 spiro atoms. The van der Waals surface area contributed by atoms with Crippen molar-refractivity contribution < 1.29 is 20.3 Å². The molecule has 1 heterocycles. The topological polar surface area (TPSA) is 66.3 Å². The predicted octanol–water partition coefficient (Wildman–Crippen LogP) is 0.309. The van der Waals surface area contributed by atoms with Gasteiger partial charge in [0.15, 0.2) is 5.54 Å². The van der Waals surface area contributed by atoms with Crippen LogP contribution in [0.25, 0.3) is 0 Å². The molecule has 17 heavy (non-hydrogen) atoms. The van der Waals surface area contributed by atoms with Gasteiger partial charge in [0, 0.05) is 5.02 Å². The van der Waals surface area contributed by atoms with E-state index in [0.29, 0.717) is 10.0 Å². The second-order valence-electron chi connectivity index (χ2n) is 4.24. The van der Waals surface area contributed by atoms with E-state index < -0.39 is 5.54 Å². The molecule has 0 amide bonds. The van der Waals surface area contributed by atoms with Crippen LogP contribution in [-0.2, 0) is 4.74 Å². The van der Waals surface area contributed by atoms with Crippen LogP contribution in [-0.4, -0.2) is 35.6 Å². The normalized spacial score (nSPS) is 22.9. The maximum absolute atomic E-state index is 9.27. The molecule has 1 saturated heterocycles. The standard InChI is InChI=1S/C11H13Cl2NO3/c12-7-1-2-8(9(13)3-7)10-14-11(4-15,5-16)6-17-10/h1-3,10,14-16H,4-6H2/p+1/t10-/m0/s1. The van der Waals surface area contributed by atoms with Crippen LogP contribution in [0.15, 0.2) is 18.2 Å². The highest BCUT2D eigenvalue weighted by Crippen LogP contribution is 2.27. The predicted molar refractivity (Wildman–Crippen MR) is 64.0 cm³/mol. The first-order chi connectivity index (χ1) is 8.10. The Labute approximate surface area is 109 Å². The Balaban J connectivity index is 2.20. The van der Waals surface area contributed by atoms with Crippen LogP contribution in [0, 0.1) is 0 Å². The van der Waals surface area contributed by atoms with Gasteiger partial charge in [0.2, 0.25) is 6.23 Å². The van der Waals surface area contributed by atoms with Crippen molar-refractivity contribution in [3.63, 3.8) is 0 Å². The van der Waals surface area contributed by atoms with Gasteiger partial charge >= 0.3 is 0 Å². The van der Waals surface area contributed by atoms with E-state index in [4.69, 9.17) is 27.9 Å². The number of aliphatic hydroxyl groups excluding tert-OH is 2. The van der Waals surface area contributed by atoms with E-state index in [9.17, 15) is 10.2 Å². The van der Waals surface area contributed by atoms with Crippen LogP contribution in [0.5, 0.6) is 0 Å². The summed E-state index contributed by atoms with van der Waals surface area (Å²) in [5.74, 6) is 0. The summed E-state index contributed by atoms with van der Waals surface area (Å²) in [4.78, 5) is 0. The number of ether oxygens (including phenoxy) is 1. The average molecular weight is 279 g/mol. The second kappa shape index (κ2) is 5.10. The molecule has 1 atom stereocenters. The Hall–Kier alpha value is -0.360. The third-order valence-electron chi connectivity index (χ3n) is 2.95. The molecule has 0 bridgehead atoms. The Bertz CT molecular complexity index is 410. The summed E-state index contributed by atoms with van der Waals surface area (Å²) in [6.45, 7) is -0.0138. The molecule has 4 N–H and O–H groups in total.